The van der Waals surface area contributed by atoms with Crippen molar-refractivity contribution in [1.29, 1.82) is 0 Å². The molecule has 0 fully saturated rings. The largest absolute Gasteiger partial charge is 0.455 e. The van der Waals surface area contributed by atoms with E-state index in [2.05, 4.69) is 119 Å². The van der Waals surface area contributed by atoms with Gasteiger partial charge in [0.25, 0.3) is 0 Å². The van der Waals surface area contributed by atoms with E-state index in [-0.39, 0.29) is 0 Å². The lowest BCUT2D eigenvalue weighted by molar-refractivity contribution is 0.666. The summed E-state index contributed by atoms with van der Waals surface area (Å²) in [6, 6.07) is 52.7. The molecule has 7 aromatic carbocycles. The predicted octanol–water partition coefficient (Wildman–Crippen LogP) is 12.2. The van der Waals surface area contributed by atoms with Crippen LogP contribution in [0.5, 0.6) is 0 Å². The Hall–Kier alpha value is -7.44. The number of para-hydroxylation sites is 1. The van der Waals surface area contributed by atoms with E-state index < -0.39 is 0 Å². The highest BCUT2D eigenvalue weighted by atomic mass is 16.3. The minimum absolute atomic E-state index is 0.774. The van der Waals surface area contributed by atoms with Gasteiger partial charge in [0, 0.05) is 38.7 Å². The van der Waals surface area contributed by atoms with E-state index in [1.54, 1.807) is 6.20 Å². The Labute approximate surface area is 307 Å². The lowest BCUT2D eigenvalue weighted by Crippen LogP contribution is -1.97. The van der Waals surface area contributed by atoms with Crippen LogP contribution in [0.4, 0.5) is 0 Å². The molecule has 6 heteroatoms. The zero-order valence-electron chi connectivity index (χ0n) is 28.7. The number of hydrogen-bond donors (Lipinski definition) is 0. The van der Waals surface area contributed by atoms with E-state index in [0.717, 1.165) is 105 Å². The molecule has 6 nitrogen and oxygen atoms in total. The highest BCUT2D eigenvalue weighted by Crippen LogP contribution is 2.40. The van der Waals surface area contributed by atoms with Gasteiger partial charge in [0.2, 0.25) is 0 Å². The van der Waals surface area contributed by atoms with Crippen molar-refractivity contribution < 1.29 is 4.42 Å². The lowest BCUT2D eigenvalue weighted by Gasteiger charge is -2.13. The van der Waals surface area contributed by atoms with Gasteiger partial charge in [-0.05, 0) is 69.8 Å². The molecule has 0 amide bonds. The third-order valence-electron chi connectivity index (χ3n) is 10.8. The second kappa shape index (κ2) is 11.0. The standard InChI is InChI=1S/C48H27N5O/c1-2-10-28(11-3-1)44-47(39-15-8-9-23-49-39)50-40-22-19-31-24-29(17-20-32(31)45(40)52-44)30-18-21-36-37(25-30)33-12-4-5-14-35(33)46-48(36)53-27-42-38(26-43(53)51-46)34-13-6-7-16-41(34)54-42/h1-27H. The topological polar surface area (TPSA) is 69.1 Å². The first-order chi connectivity index (χ1) is 26.7. The summed E-state index contributed by atoms with van der Waals surface area (Å²) in [5.74, 6) is 0. The van der Waals surface area contributed by atoms with Gasteiger partial charge >= 0.3 is 0 Å². The first kappa shape index (κ1) is 29.2. The molecule has 12 rings (SSSR count). The van der Waals surface area contributed by atoms with Gasteiger partial charge in [-0.1, -0.05) is 109 Å². The Bertz CT molecular complexity index is 3500. The van der Waals surface area contributed by atoms with Crippen molar-refractivity contribution in [2.24, 2.45) is 0 Å². The van der Waals surface area contributed by atoms with Crippen LogP contribution in [-0.4, -0.2) is 24.3 Å². The molecule has 54 heavy (non-hydrogen) atoms. The Kier molecular flexibility index (Phi) is 5.96. The van der Waals surface area contributed by atoms with Crippen molar-refractivity contribution in [2.45, 2.75) is 0 Å². The molecular weight excluding hydrogens is 663 g/mol. The molecule has 0 bridgehead atoms. The maximum Gasteiger partial charge on any atom is 0.152 e. The molecule has 0 aliphatic rings. The molecule has 5 heterocycles. The van der Waals surface area contributed by atoms with E-state index in [0.29, 0.717) is 0 Å². The number of fused-ring (bicyclic) bond motifs is 14. The van der Waals surface area contributed by atoms with Gasteiger partial charge in [-0.3, -0.25) is 9.38 Å². The van der Waals surface area contributed by atoms with Crippen molar-refractivity contribution >= 4 is 82.0 Å². The van der Waals surface area contributed by atoms with Gasteiger partial charge in [0.1, 0.15) is 16.9 Å². The molecule has 250 valence electrons. The van der Waals surface area contributed by atoms with Crippen LogP contribution >= 0.6 is 0 Å². The maximum atomic E-state index is 6.31. The number of nitrogens with zero attached hydrogens (tertiary/aromatic N) is 5. The van der Waals surface area contributed by atoms with E-state index in [9.17, 15) is 0 Å². The van der Waals surface area contributed by atoms with Crippen molar-refractivity contribution in [3.05, 3.63) is 164 Å². The van der Waals surface area contributed by atoms with Gasteiger partial charge in [-0.15, -0.1) is 0 Å². The number of pyridine rings is 2. The second-order valence-electron chi connectivity index (χ2n) is 13.9. The molecule has 0 saturated heterocycles. The fourth-order valence-corrected chi connectivity index (χ4v) is 8.29. The highest BCUT2D eigenvalue weighted by molar-refractivity contribution is 6.25. The van der Waals surface area contributed by atoms with Crippen LogP contribution in [0.1, 0.15) is 0 Å². The second-order valence-corrected chi connectivity index (χ2v) is 13.9. The number of furan rings is 1. The molecular formula is C48H27N5O. The Morgan fingerprint density at radius 2 is 1.22 bits per heavy atom. The Morgan fingerprint density at radius 1 is 0.444 bits per heavy atom. The summed E-state index contributed by atoms with van der Waals surface area (Å²) >= 11 is 0. The molecule has 5 aromatic heterocycles. The van der Waals surface area contributed by atoms with Crippen LogP contribution in [0.3, 0.4) is 0 Å². The normalized spacial score (nSPS) is 12.1. The lowest BCUT2D eigenvalue weighted by atomic mass is 9.94. The molecule has 0 spiro atoms. The summed E-state index contributed by atoms with van der Waals surface area (Å²) in [7, 11) is 0. The Morgan fingerprint density at radius 3 is 2.09 bits per heavy atom. The number of aromatic nitrogens is 5. The third kappa shape index (κ3) is 4.22. The average Bonchev–Trinajstić information content (AvgIpc) is 3.80. The van der Waals surface area contributed by atoms with Crippen LogP contribution in [0.2, 0.25) is 0 Å². The van der Waals surface area contributed by atoms with Crippen LogP contribution in [0.25, 0.3) is 116 Å². The quantitative estimate of drug-likeness (QED) is 0.173. The zero-order chi connectivity index (χ0) is 35.3. The van der Waals surface area contributed by atoms with Crippen molar-refractivity contribution in [3.63, 3.8) is 0 Å². The third-order valence-corrected chi connectivity index (χ3v) is 10.8. The van der Waals surface area contributed by atoms with Gasteiger partial charge in [-0.25, -0.2) is 15.0 Å². The number of hydrogen-bond acceptors (Lipinski definition) is 5. The fraction of sp³-hybridized carbons (Fsp3) is 0. The van der Waals surface area contributed by atoms with E-state index in [1.807, 2.05) is 48.5 Å². The van der Waals surface area contributed by atoms with Crippen molar-refractivity contribution in [2.75, 3.05) is 0 Å². The zero-order valence-corrected chi connectivity index (χ0v) is 28.7. The fourth-order valence-electron chi connectivity index (χ4n) is 8.29. The summed E-state index contributed by atoms with van der Waals surface area (Å²) in [4.78, 5) is 20.3. The minimum atomic E-state index is 0.774. The molecule has 0 unspecified atom stereocenters. The predicted molar refractivity (Wildman–Crippen MR) is 220 cm³/mol. The number of rotatable bonds is 3. The summed E-state index contributed by atoms with van der Waals surface area (Å²) in [6.07, 6.45) is 3.90. The molecule has 0 radical (unpaired) electrons. The van der Waals surface area contributed by atoms with Crippen LogP contribution < -0.4 is 0 Å². The minimum Gasteiger partial charge on any atom is -0.455 e. The van der Waals surface area contributed by atoms with Crippen LogP contribution in [0, 0.1) is 0 Å². The molecule has 0 aliphatic heterocycles. The Balaban J connectivity index is 1.05. The summed E-state index contributed by atoms with van der Waals surface area (Å²) in [5, 5.41) is 8.98. The van der Waals surface area contributed by atoms with Crippen molar-refractivity contribution in [1.82, 2.24) is 24.3 Å². The molecule has 0 N–H and O–H groups in total. The van der Waals surface area contributed by atoms with Gasteiger partial charge < -0.3 is 4.42 Å². The van der Waals surface area contributed by atoms with E-state index in [4.69, 9.17) is 19.4 Å². The summed E-state index contributed by atoms with van der Waals surface area (Å²) in [6.45, 7) is 0. The first-order valence-corrected chi connectivity index (χ1v) is 18.0. The number of benzene rings is 7. The number of imidazole rings is 1. The van der Waals surface area contributed by atoms with Crippen LogP contribution in [-0.2, 0) is 0 Å². The maximum absolute atomic E-state index is 6.31. The first-order valence-electron chi connectivity index (χ1n) is 18.0. The molecule has 0 aliphatic carbocycles. The van der Waals surface area contributed by atoms with Gasteiger partial charge in [0.15, 0.2) is 5.58 Å². The SMILES string of the molecule is c1ccc(-c2nc3c(ccc4cc(-c5ccc6c(c5)c5ccccc5c5nc7cc8c(cn7c65)oc5ccccc58)ccc43)nc2-c2ccccn2)cc1. The monoisotopic (exact) mass is 689 g/mol. The average molecular weight is 690 g/mol. The summed E-state index contributed by atoms with van der Waals surface area (Å²) < 4.78 is 8.51. The molecule has 12 aromatic rings. The van der Waals surface area contributed by atoms with Gasteiger partial charge in [0.05, 0.1) is 39.7 Å². The van der Waals surface area contributed by atoms with Crippen LogP contribution in [0.15, 0.2) is 168 Å². The van der Waals surface area contributed by atoms with E-state index >= 15 is 0 Å². The van der Waals surface area contributed by atoms with Crippen molar-refractivity contribution in [3.8, 4) is 33.8 Å². The van der Waals surface area contributed by atoms with E-state index in [1.165, 1.54) is 10.8 Å². The highest BCUT2D eigenvalue weighted by Gasteiger charge is 2.19. The van der Waals surface area contributed by atoms with Gasteiger partial charge in [-0.2, -0.15) is 0 Å². The summed E-state index contributed by atoms with van der Waals surface area (Å²) in [5.41, 5.74) is 12.1. The molecule has 0 atom stereocenters. The smallest absolute Gasteiger partial charge is 0.152 e. The molecule has 0 saturated carbocycles.